The molecular formula is C7H10N2O. The van der Waals surface area contributed by atoms with Gasteiger partial charge in [-0.05, 0) is 5.92 Å². The molecule has 1 unspecified atom stereocenters. The highest BCUT2D eigenvalue weighted by Gasteiger charge is 2.21. The van der Waals surface area contributed by atoms with Crippen molar-refractivity contribution in [3.63, 3.8) is 0 Å². The van der Waals surface area contributed by atoms with E-state index in [0.717, 1.165) is 5.71 Å². The molecule has 0 saturated carbocycles. The van der Waals surface area contributed by atoms with Crippen molar-refractivity contribution in [2.24, 2.45) is 11.1 Å². The van der Waals surface area contributed by atoms with Gasteiger partial charge >= 0.3 is 0 Å². The topological polar surface area (TPSA) is 45.4 Å². The Bertz CT molecular complexity index is 190. The Morgan fingerprint density at radius 1 is 1.80 bits per heavy atom. The van der Waals surface area contributed by atoms with Gasteiger partial charge in [-0.15, -0.1) is 0 Å². The first kappa shape index (κ1) is 7.07. The zero-order valence-corrected chi connectivity index (χ0v) is 6.16. The van der Waals surface area contributed by atoms with E-state index in [0.29, 0.717) is 12.3 Å². The smallest absolute Gasteiger partial charge is 0.217 e. The molecule has 0 aliphatic carbocycles. The Labute approximate surface area is 60.3 Å². The van der Waals surface area contributed by atoms with Gasteiger partial charge in [-0.2, -0.15) is 5.26 Å². The number of nitriles is 1. The standard InChI is InChI=1S/C7H10N2O/c1-5(2)7-3-6(4-8)10-9-7/h5-6H,3H2,1-2H3. The molecule has 0 saturated heterocycles. The summed E-state index contributed by atoms with van der Waals surface area (Å²) < 4.78 is 0. The van der Waals surface area contributed by atoms with Crippen LogP contribution < -0.4 is 0 Å². The number of oxime groups is 1. The second-order valence-electron chi connectivity index (χ2n) is 2.66. The molecule has 1 heterocycles. The van der Waals surface area contributed by atoms with Crippen LogP contribution in [0, 0.1) is 17.2 Å². The molecule has 54 valence electrons. The van der Waals surface area contributed by atoms with Crippen LogP contribution in [0.1, 0.15) is 20.3 Å². The molecule has 1 aliphatic rings. The van der Waals surface area contributed by atoms with E-state index in [1.807, 2.05) is 19.9 Å². The van der Waals surface area contributed by atoms with Crippen LogP contribution in [0.25, 0.3) is 0 Å². The lowest BCUT2D eigenvalue weighted by atomic mass is 10.0. The fourth-order valence-corrected chi connectivity index (χ4v) is 0.806. The minimum absolute atomic E-state index is 0.336. The highest BCUT2D eigenvalue weighted by atomic mass is 16.6. The summed E-state index contributed by atoms with van der Waals surface area (Å²) in [6, 6.07) is 2.01. The predicted molar refractivity (Wildman–Crippen MR) is 37.4 cm³/mol. The molecular weight excluding hydrogens is 128 g/mol. The number of hydrogen-bond acceptors (Lipinski definition) is 3. The van der Waals surface area contributed by atoms with Gasteiger partial charge in [0.1, 0.15) is 6.07 Å². The Morgan fingerprint density at radius 2 is 2.50 bits per heavy atom. The molecule has 0 radical (unpaired) electrons. The lowest BCUT2D eigenvalue weighted by molar-refractivity contribution is 0.125. The van der Waals surface area contributed by atoms with Crippen LogP contribution >= 0.6 is 0 Å². The van der Waals surface area contributed by atoms with E-state index in [-0.39, 0.29) is 6.10 Å². The third kappa shape index (κ3) is 1.27. The monoisotopic (exact) mass is 138 g/mol. The molecule has 0 fully saturated rings. The van der Waals surface area contributed by atoms with Crippen LogP contribution in [0.4, 0.5) is 0 Å². The van der Waals surface area contributed by atoms with E-state index in [2.05, 4.69) is 5.16 Å². The van der Waals surface area contributed by atoms with E-state index in [1.165, 1.54) is 0 Å². The molecule has 10 heavy (non-hydrogen) atoms. The summed E-state index contributed by atoms with van der Waals surface area (Å²) in [5.41, 5.74) is 0.992. The van der Waals surface area contributed by atoms with Gasteiger partial charge in [0, 0.05) is 6.42 Å². The van der Waals surface area contributed by atoms with Crippen LogP contribution in [0.5, 0.6) is 0 Å². The molecule has 3 heteroatoms. The average molecular weight is 138 g/mol. The Hall–Kier alpha value is -1.04. The zero-order valence-electron chi connectivity index (χ0n) is 6.16. The summed E-state index contributed by atoms with van der Waals surface area (Å²) in [6.07, 6.45) is 0.339. The van der Waals surface area contributed by atoms with Crippen molar-refractivity contribution in [3.05, 3.63) is 0 Å². The molecule has 1 rings (SSSR count). The highest BCUT2D eigenvalue weighted by molar-refractivity contribution is 5.87. The van der Waals surface area contributed by atoms with Crippen LogP contribution in [-0.2, 0) is 4.84 Å². The number of rotatable bonds is 1. The average Bonchev–Trinajstić information content (AvgIpc) is 2.34. The molecule has 3 nitrogen and oxygen atoms in total. The molecule has 1 aliphatic heterocycles. The Balaban J connectivity index is 2.49. The van der Waals surface area contributed by atoms with Gasteiger partial charge < -0.3 is 4.84 Å². The van der Waals surface area contributed by atoms with Crippen molar-refractivity contribution >= 4 is 5.71 Å². The normalized spacial score (nSPS) is 23.8. The SMILES string of the molecule is CC(C)C1=NOC(C#N)C1. The van der Waals surface area contributed by atoms with Crippen molar-refractivity contribution < 1.29 is 4.84 Å². The van der Waals surface area contributed by atoms with Gasteiger partial charge in [0.15, 0.2) is 0 Å². The minimum atomic E-state index is -0.336. The summed E-state index contributed by atoms with van der Waals surface area (Å²) in [5.74, 6) is 0.401. The molecule has 0 amide bonds. The molecule has 0 aromatic carbocycles. The minimum Gasteiger partial charge on any atom is -0.377 e. The lowest BCUT2D eigenvalue weighted by Gasteiger charge is -1.98. The number of nitrogens with zero attached hydrogens (tertiary/aromatic N) is 2. The molecule has 0 spiro atoms. The van der Waals surface area contributed by atoms with Crippen molar-refractivity contribution in [3.8, 4) is 6.07 Å². The first-order chi connectivity index (χ1) is 4.74. The van der Waals surface area contributed by atoms with Crippen molar-refractivity contribution in [1.82, 2.24) is 0 Å². The van der Waals surface area contributed by atoms with Crippen LogP contribution in [0.2, 0.25) is 0 Å². The van der Waals surface area contributed by atoms with E-state index in [4.69, 9.17) is 10.1 Å². The third-order valence-corrected chi connectivity index (χ3v) is 1.50. The van der Waals surface area contributed by atoms with Gasteiger partial charge in [0.05, 0.1) is 5.71 Å². The van der Waals surface area contributed by atoms with E-state index >= 15 is 0 Å². The van der Waals surface area contributed by atoms with E-state index in [9.17, 15) is 0 Å². The molecule has 0 N–H and O–H groups in total. The van der Waals surface area contributed by atoms with Crippen LogP contribution in [0.3, 0.4) is 0 Å². The molecule has 0 bridgehead atoms. The highest BCUT2D eigenvalue weighted by Crippen LogP contribution is 2.14. The van der Waals surface area contributed by atoms with Gasteiger partial charge in [-0.3, -0.25) is 0 Å². The van der Waals surface area contributed by atoms with Crippen LogP contribution in [0.15, 0.2) is 5.16 Å². The fourth-order valence-electron chi connectivity index (χ4n) is 0.806. The lowest BCUT2D eigenvalue weighted by Crippen LogP contribution is -2.08. The second kappa shape index (κ2) is 2.70. The summed E-state index contributed by atoms with van der Waals surface area (Å²) in [5, 5.41) is 12.2. The molecule has 0 aromatic heterocycles. The molecule has 0 aromatic rings. The largest absolute Gasteiger partial charge is 0.377 e. The fraction of sp³-hybridized carbons (Fsp3) is 0.714. The van der Waals surface area contributed by atoms with Crippen molar-refractivity contribution in [2.75, 3.05) is 0 Å². The van der Waals surface area contributed by atoms with Gasteiger partial charge in [0.25, 0.3) is 0 Å². The Kier molecular flexibility index (Phi) is 1.91. The van der Waals surface area contributed by atoms with Gasteiger partial charge in [-0.1, -0.05) is 19.0 Å². The maximum atomic E-state index is 8.42. The predicted octanol–water partition coefficient (Wildman–Crippen LogP) is 1.31. The summed E-state index contributed by atoms with van der Waals surface area (Å²) in [7, 11) is 0. The van der Waals surface area contributed by atoms with Gasteiger partial charge in [0.2, 0.25) is 6.10 Å². The summed E-state index contributed by atoms with van der Waals surface area (Å²) >= 11 is 0. The van der Waals surface area contributed by atoms with Gasteiger partial charge in [-0.25, -0.2) is 0 Å². The number of hydrogen-bond donors (Lipinski definition) is 0. The van der Waals surface area contributed by atoms with E-state index in [1.54, 1.807) is 0 Å². The zero-order chi connectivity index (χ0) is 7.56. The maximum Gasteiger partial charge on any atom is 0.217 e. The van der Waals surface area contributed by atoms with Crippen LogP contribution in [-0.4, -0.2) is 11.8 Å². The summed E-state index contributed by atoms with van der Waals surface area (Å²) in [6.45, 7) is 4.09. The quantitative estimate of drug-likeness (QED) is 0.548. The third-order valence-electron chi connectivity index (χ3n) is 1.50. The second-order valence-corrected chi connectivity index (χ2v) is 2.66. The summed E-state index contributed by atoms with van der Waals surface area (Å²) in [4.78, 5) is 4.80. The van der Waals surface area contributed by atoms with Crippen molar-refractivity contribution in [1.29, 1.82) is 5.26 Å². The Morgan fingerprint density at radius 3 is 2.80 bits per heavy atom. The molecule has 1 atom stereocenters. The van der Waals surface area contributed by atoms with E-state index < -0.39 is 0 Å². The first-order valence-corrected chi connectivity index (χ1v) is 3.36. The van der Waals surface area contributed by atoms with Crippen molar-refractivity contribution in [2.45, 2.75) is 26.4 Å². The first-order valence-electron chi connectivity index (χ1n) is 3.36. The maximum absolute atomic E-state index is 8.42.